The topological polar surface area (TPSA) is 76.2 Å². The molecule has 2 aromatic carbocycles. The quantitative estimate of drug-likeness (QED) is 0.626. The summed E-state index contributed by atoms with van der Waals surface area (Å²) in [4.78, 5) is 10.5. The highest BCUT2D eigenvalue weighted by Crippen LogP contribution is 2.36. The van der Waals surface area contributed by atoms with Gasteiger partial charge in [0.05, 0.1) is 9.95 Å². The highest BCUT2D eigenvalue weighted by Gasteiger charge is 2.19. The van der Waals surface area contributed by atoms with E-state index in [-0.39, 0.29) is 27.8 Å². The van der Waals surface area contributed by atoms with Gasteiger partial charge in [-0.25, -0.2) is 0 Å². The van der Waals surface area contributed by atoms with E-state index in [9.17, 15) is 10.1 Å². The fraction of sp³-hybridized carbons (Fsp3) is 0.0714. The van der Waals surface area contributed by atoms with Crippen LogP contribution in [0.5, 0.6) is 11.5 Å². The number of nitrogens with zero attached hydrogens (tertiary/aromatic N) is 2. The molecule has 0 heterocycles. The third kappa shape index (κ3) is 2.56. The van der Waals surface area contributed by atoms with Crippen molar-refractivity contribution >= 4 is 17.3 Å². The number of benzene rings is 2. The van der Waals surface area contributed by atoms with E-state index in [2.05, 4.69) is 0 Å². The molecule has 0 aliphatic rings. The lowest BCUT2D eigenvalue weighted by molar-refractivity contribution is -0.385. The van der Waals surface area contributed by atoms with Crippen LogP contribution in [0.3, 0.4) is 0 Å². The normalized spacial score (nSPS) is 9.85. The Labute approximate surface area is 120 Å². The average molecular weight is 289 g/mol. The molecule has 0 radical (unpaired) electrons. The highest BCUT2D eigenvalue weighted by molar-refractivity contribution is 6.31. The number of nitro benzene ring substituents is 1. The number of halogens is 1. The fourth-order valence-corrected chi connectivity index (χ4v) is 1.93. The Bertz CT molecular complexity index is 723. The maximum atomic E-state index is 11.0. The van der Waals surface area contributed by atoms with Crippen LogP contribution in [0, 0.1) is 28.4 Å². The molecule has 0 amide bonds. The molecule has 0 atom stereocenters. The van der Waals surface area contributed by atoms with Crippen molar-refractivity contribution in [2.24, 2.45) is 0 Å². The predicted molar refractivity (Wildman–Crippen MR) is 74.1 cm³/mol. The van der Waals surface area contributed by atoms with Crippen LogP contribution < -0.4 is 4.74 Å². The molecule has 2 aromatic rings. The minimum Gasteiger partial charge on any atom is -0.448 e. The number of nitro groups is 1. The summed E-state index contributed by atoms with van der Waals surface area (Å²) in [6.45, 7) is 1.69. The van der Waals surface area contributed by atoms with Gasteiger partial charge in [0.15, 0.2) is 0 Å². The number of hydrogen-bond acceptors (Lipinski definition) is 4. The first-order chi connectivity index (χ1) is 9.54. The molecular formula is C14H9ClN2O3. The molecule has 0 N–H and O–H groups in total. The molecule has 20 heavy (non-hydrogen) atoms. The molecule has 5 nitrogen and oxygen atoms in total. The summed E-state index contributed by atoms with van der Waals surface area (Å²) in [5.41, 5.74) is 0.587. The lowest BCUT2D eigenvalue weighted by Crippen LogP contribution is -1.97. The van der Waals surface area contributed by atoms with Gasteiger partial charge in [0.2, 0.25) is 5.75 Å². The molecule has 0 aromatic heterocycles. The number of hydrogen-bond donors (Lipinski definition) is 0. The molecule has 0 bridgehead atoms. The van der Waals surface area contributed by atoms with Crippen molar-refractivity contribution in [3.05, 3.63) is 62.7 Å². The van der Waals surface area contributed by atoms with Crippen LogP contribution in [0.15, 0.2) is 36.4 Å². The minimum absolute atomic E-state index is 0.108. The van der Waals surface area contributed by atoms with Crippen LogP contribution >= 0.6 is 11.6 Å². The van der Waals surface area contributed by atoms with Crippen molar-refractivity contribution in [1.29, 1.82) is 5.26 Å². The van der Waals surface area contributed by atoms with E-state index < -0.39 is 4.92 Å². The number of ether oxygens (including phenoxy) is 1. The van der Waals surface area contributed by atoms with Gasteiger partial charge in [-0.3, -0.25) is 10.1 Å². The van der Waals surface area contributed by atoms with Gasteiger partial charge in [0.1, 0.15) is 17.4 Å². The van der Waals surface area contributed by atoms with Crippen LogP contribution in [-0.4, -0.2) is 4.92 Å². The Kier molecular flexibility index (Phi) is 3.87. The highest BCUT2D eigenvalue weighted by atomic mass is 35.5. The van der Waals surface area contributed by atoms with E-state index in [4.69, 9.17) is 21.6 Å². The van der Waals surface area contributed by atoms with Gasteiger partial charge in [0.25, 0.3) is 0 Å². The van der Waals surface area contributed by atoms with Gasteiger partial charge < -0.3 is 4.74 Å². The first-order valence-corrected chi connectivity index (χ1v) is 6.03. The lowest BCUT2D eigenvalue weighted by atomic mass is 10.2. The smallest absolute Gasteiger partial charge is 0.311 e. The third-order valence-corrected chi connectivity index (χ3v) is 3.00. The largest absolute Gasteiger partial charge is 0.448 e. The number of para-hydroxylation sites is 1. The Morgan fingerprint density at radius 3 is 2.65 bits per heavy atom. The van der Waals surface area contributed by atoms with Crippen molar-refractivity contribution < 1.29 is 9.66 Å². The summed E-state index contributed by atoms with van der Waals surface area (Å²) >= 11 is 5.90. The summed E-state index contributed by atoms with van der Waals surface area (Å²) in [7, 11) is 0. The van der Waals surface area contributed by atoms with E-state index in [0.717, 1.165) is 0 Å². The summed E-state index contributed by atoms with van der Waals surface area (Å²) in [6, 6.07) is 11.2. The van der Waals surface area contributed by atoms with E-state index in [0.29, 0.717) is 5.56 Å². The first kappa shape index (κ1) is 13.8. The molecular weight excluding hydrogens is 280 g/mol. The van der Waals surface area contributed by atoms with Gasteiger partial charge in [-0.2, -0.15) is 5.26 Å². The summed E-state index contributed by atoms with van der Waals surface area (Å²) < 4.78 is 5.56. The van der Waals surface area contributed by atoms with E-state index in [1.54, 1.807) is 37.3 Å². The first-order valence-electron chi connectivity index (χ1n) is 5.65. The van der Waals surface area contributed by atoms with Gasteiger partial charge in [-0.1, -0.05) is 29.8 Å². The molecule has 0 saturated heterocycles. The number of nitriles is 1. The zero-order valence-corrected chi connectivity index (χ0v) is 11.2. The fourth-order valence-electron chi connectivity index (χ4n) is 1.72. The van der Waals surface area contributed by atoms with Crippen LogP contribution in [0.25, 0.3) is 0 Å². The van der Waals surface area contributed by atoms with Gasteiger partial charge in [-0.05, 0) is 24.6 Å². The molecule has 0 unspecified atom stereocenters. The second kappa shape index (κ2) is 5.59. The van der Waals surface area contributed by atoms with Crippen molar-refractivity contribution in [1.82, 2.24) is 0 Å². The maximum absolute atomic E-state index is 11.0. The molecule has 0 aliphatic carbocycles. The SMILES string of the molecule is Cc1cccc([N+](=O)[O-])c1Oc1cccc(Cl)c1C#N. The van der Waals surface area contributed by atoms with E-state index in [1.807, 2.05) is 6.07 Å². The van der Waals surface area contributed by atoms with Gasteiger partial charge in [0, 0.05) is 6.07 Å². The Morgan fingerprint density at radius 2 is 2.00 bits per heavy atom. The molecule has 0 spiro atoms. The summed E-state index contributed by atoms with van der Waals surface area (Å²) in [5, 5.41) is 20.3. The van der Waals surface area contributed by atoms with E-state index in [1.165, 1.54) is 6.07 Å². The Morgan fingerprint density at radius 1 is 1.30 bits per heavy atom. The van der Waals surface area contributed by atoms with Gasteiger partial charge >= 0.3 is 5.69 Å². The molecule has 6 heteroatoms. The third-order valence-electron chi connectivity index (χ3n) is 2.69. The zero-order chi connectivity index (χ0) is 14.7. The van der Waals surface area contributed by atoms with Crippen LogP contribution in [0.1, 0.15) is 11.1 Å². The monoisotopic (exact) mass is 288 g/mol. The average Bonchev–Trinajstić information content (AvgIpc) is 2.41. The summed E-state index contributed by atoms with van der Waals surface area (Å²) in [6.07, 6.45) is 0. The second-order valence-electron chi connectivity index (χ2n) is 4.01. The molecule has 2 rings (SSSR count). The predicted octanol–water partition coefficient (Wildman–Crippen LogP) is 4.22. The van der Waals surface area contributed by atoms with Crippen LogP contribution in [-0.2, 0) is 0 Å². The van der Waals surface area contributed by atoms with E-state index >= 15 is 0 Å². The van der Waals surface area contributed by atoms with Crippen molar-refractivity contribution in [3.8, 4) is 17.6 Å². The number of aryl methyl sites for hydroxylation is 1. The molecule has 0 aliphatic heterocycles. The lowest BCUT2D eigenvalue weighted by Gasteiger charge is -2.10. The standard InChI is InChI=1S/C14H9ClN2O3/c1-9-4-2-6-12(17(18)19)14(9)20-13-7-3-5-11(15)10(13)8-16/h2-7H,1H3. The minimum atomic E-state index is -0.529. The Hall–Kier alpha value is -2.58. The van der Waals surface area contributed by atoms with Crippen molar-refractivity contribution in [2.75, 3.05) is 0 Å². The molecule has 100 valence electrons. The second-order valence-corrected chi connectivity index (χ2v) is 4.41. The van der Waals surface area contributed by atoms with Crippen molar-refractivity contribution in [2.45, 2.75) is 6.92 Å². The van der Waals surface area contributed by atoms with Crippen LogP contribution in [0.2, 0.25) is 5.02 Å². The van der Waals surface area contributed by atoms with Crippen molar-refractivity contribution in [3.63, 3.8) is 0 Å². The zero-order valence-electron chi connectivity index (χ0n) is 10.5. The number of rotatable bonds is 3. The molecule has 0 fully saturated rings. The maximum Gasteiger partial charge on any atom is 0.311 e. The molecule has 0 saturated carbocycles. The summed E-state index contributed by atoms with van der Waals surface area (Å²) in [5.74, 6) is 0.300. The Balaban J connectivity index is 2.54. The van der Waals surface area contributed by atoms with Crippen LogP contribution in [0.4, 0.5) is 5.69 Å². The van der Waals surface area contributed by atoms with Gasteiger partial charge in [-0.15, -0.1) is 0 Å².